The van der Waals surface area contributed by atoms with Gasteiger partial charge < -0.3 is 15.8 Å². The van der Waals surface area contributed by atoms with Crippen LogP contribution >= 0.6 is 0 Å². The van der Waals surface area contributed by atoms with E-state index in [4.69, 9.17) is 10.5 Å². The number of rotatable bonds is 3. The highest BCUT2D eigenvalue weighted by Crippen LogP contribution is 2.33. The first-order chi connectivity index (χ1) is 9.49. The predicted octanol–water partition coefficient (Wildman–Crippen LogP) is 3.35. The fraction of sp³-hybridized carbons (Fsp3) is 0.500. The van der Waals surface area contributed by atoms with Crippen molar-refractivity contribution in [1.29, 1.82) is 0 Å². The molecule has 0 saturated heterocycles. The highest BCUT2D eigenvalue weighted by Gasteiger charge is 2.33. The van der Waals surface area contributed by atoms with Gasteiger partial charge >= 0.3 is 12.3 Å². The first-order valence-electron chi connectivity index (χ1n) is 6.41. The average molecular weight is 304 g/mol. The van der Waals surface area contributed by atoms with E-state index in [0.29, 0.717) is 0 Å². The Labute approximate surface area is 121 Å². The van der Waals surface area contributed by atoms with E-state index in [9.17, 15) is 18.0 Å². The summed E-state index contributed by atoms with van der Waals surface area (Å²) in [5.74, 6) is 0. The van der Waals surface area contributed by atoms with Crippen molar-refractivity contribution in [3.05, 3.63) is 29.3 Å². The van der Waals surface area contributed by atoms with Crippen LogP contribution in [-0.4, -0.2) is 18.2 Å². The summed E-state index contributed by atoms with van der Waals surface area (Å²) in [6.07, 6.45) is -5.10. The van der Waals surface area contributed by atoms with Crippen LogP contribution in [0.15, 0.2) is 18.2 Å². The fourth-order valence-corrected chi connectivity index (χ4v) is 1.69. The number of carbonyl (C=O) groups excluding carboxylic acids is 1. The van der Waals surface area contributed by atoms with E-state index in [0.717, 1.165) is 6.07 Å². The number of nitrogen functional groups attached to an aromatic ring is 1. The van der Waals surface area contributed by atoms with Crippen LogP contribution in [0.2, 0.25) is 0 Å². The van der Waals surface area contributed by atoms with Crippen LogP contribution in [0.25, 0.3) is 0 Å². The summed E-state index contributed by atoms with van der Waals surface area (Å²) in [6.45, 7) is 5.15. The van der Waals surface area contributed by atoms with Gasteiger partial charge in [-0.3, -0.25) is 0 Å². The van der Waals surface area contributed by atoms with Crippen molar-refractivity contribution in [3.63, 3.8) is 0 Å². The molecule has 4 nitrogen and oxygen atoms in total. The number of amides is 1. The summed E-state index contributed by atoms with van der Waals surface area (Å²) >= 11 is 0. The van der Waals surface area contributed by atoms with Crippen molar-refractivity contribution >= 4 is 11.8 Å². The minimum absolute atomic E-state index is 0.0361. The third-order valence-corrected chi connectivity index (χ3v) is 2.50. The van der Waals surface area contributed by atoms with E-state index in [1.807, 2.05) is 0 Å². The van der Waals surface area contributed by atoms with Crippen molar-refractivity contribution in [2.24, 2.45) is 0 Å². The molecule has 21 heavy (non-hydrogen) atoms. The van der Waals surface area contributed by atoms with Gasteiger partial charge in [0.2, 0.25) is 0 Å². The quantitative estimate of drug-likeness (QED) is 0.842. The molecule has 0 bridgehead atoms. The summed E-state index contributed by atoms with van der Waals surface area (Å²) < 4.78 is 43.6. The molecule has 1 amide bonds. The van der Waals surface area contributed by atoms with E-state index in [1.165, 1.54) is 12.1 Å². The van der Waals surface area contributed by atoms with Crippen molar-refractivity contribution in [3.8, 4) is 0 Å². The Bertz CT molecular complexity index is 508. The Kier molecular flexibility index (Phi) is 5.09. The lowest BCUT2D eigenvalue weighted by atomic mass is 10.0. The number of benzene rings is 1. The summed E-state index contributed by atoms with van der Waals surface area (Å²) in [6, 6.07) is 3.61. The van der Waals surface area contributed by atoms with Crippen molar-refractivity contribution in [1.82, 2.24) is 5.32 Å². The van der Waals surface area contributed by atoms with Gasteiger partial charge in [0.1, 0.15) is 5.60 Å². The number of ether oxygens (including phenoxy) is 1. The lowest BCUT2D eigenvalue weighted by Crippen LogP contribution is -2.33. The summed E-state index contributed by atoms with van der Waals surface area (Å²) in [5, 5.41) is 2.42. The topological polar surface area (TPSA) is 64.3 Å². The maximum absolute atomic E-state index is 12.9. The van der Waals surface area contributed by atoms with E-state index in [2.05, 4.69) is 5.32 Å². The van der Waals surface area contributed by atoms with Gasteiger partial charge in [-0.15, -0.1) is 0 Å². The zero-order chi connectivity index (χ0) is 16.3. The van der Waals surface area contributed by atoms with Crippen LogP contribution in [0.3, 0.4) is 0 Å². The molecule has 1 rings (SSSR count). The molecule has 1 aromatic rings. The van der Waals surface area contributed by atoms with Gasteiger partial charge in [0.15, 0.2) is 0 Å². The van der Waals surface area contributed by atoms with E-state index in [1.54, 1.807) is 20.8 Å². The number of nitrogens with two attached hydrogens (primary N) is 1. The third-order valence-electron chi connectivity index (χ3n) is 2.50. The van der Waals surface area contributed by atoms with E-state index in [-0.39, 0.29) is 24.2 Å². The number of hydrogen-bond acceptors (Lipinski definition) is 3. The van der Waals surface area contributed by atoms with Crippen molar-refractivity contribution in [2.45, 2.75) is 39.0 Å². The van der Waals surface area contributed by atoms with Gasteiger partial charge in [0, 0.05) is 12.2 Å². The van der Waals surface area contributed by atoms with Crippen LogP contribution in [0, 0.1) is 0 Å². The summed E-state index contributed by atoms with van der Waals surface area (Å²) in [7, 11) is 0. The molecule has 0 saturated carbocycles. The molecule has 0 atom stereocenters. The Hall–Kier alpha value is -1.92. The molecule has 1 aromatic carbocycles. The normalized spacial score (nSPS) is 12.1. The second-order valence-electron chi connectivity index (χ2n) is 5.59. The highest BCUT2D eigenvalue weighted by atomic mass is 19.4. The number of anilines is 1. The molecule has 0 unspecified atom stereocenters. The molecule has 7 heteroatoms. The van der Waals surface area contributed by atoms with E-state index >= 15 is 0 Å². The minimum Gasteiger partial charge on any atom is -0.444 e. The molecule has 0 radical (unpaired) electrons. The molecule has 0 fully saturated rings. The number of carbonyl (C=O) groups is 1. The molecule has 0 aromatic heterocycles. The van der Waals surface area contributed by atoms with Crippen LogP contribution < -0.4 is 11.1 Å². The molecule has 0 aliphatic carbocycles. The number of hydrogen-bond donors (Lipinski definition) is 2. The number of nitrogens with one attached hydrogen (secondary N) is 1. The predicted molar refractivity (Wildman–Crippen MR) is 73.8 cm³/mol. The lowest BCUT2D eigenvalue weighted by Gasteiger charge is -2.20. The van der Waals surface area contributed by atoms with Gasteiger partial charge in [-0.1, -0.05) is 6.07 Å². The first kappa shape index (κ1) is 17.1. The minimum atomic E-state index is -4.48. The largest absolute Gasteiger partial charge is 0.444 e. The number of alkyl halides is 3. The smallest absolute Gasteiger partial charge is 0.416 e. The zero-order valence-electron chi connectivity index (χ0n) is 12.2. The number of halogens is 3. The van der Waals surface area contributed by atoms with Gasteiger partial charge in [0.05, 0.1) is 5.56 Å². The average Bonchev–Trinajstić information content (AvgIpc) is 2.27. The highest BCUT2D eigenvalue weighted by molar-refractivity contribution is 5.67. The molecule has 0 aliphatic heterocycles. The second-order valence-corrected chi connectivity index (χ2v) is 5.59. The maximum atomic E-state index is 12.9. The maximum Gasteiger partial charge on any atom is 0.416 e. The van der Waals surface area contributed by atoms with Crippen molar-refractivity contribution < 1.29 is 22.7 Å². The van der Waals surface area contributed by atoms with Gasteiger partial charge in [-0.2, -0.15) is 13.2 Å². The summed E-state index contributed by atoms with van der Waals surface area (Å²) in [5.41, 5.74) is 4.07. The van der Waals surface area contributed by atoms with Crippen molar-refractivity contribution in [2.75, 3.05) is 12.3 Å². The standard InChI is InChI=1S/C14H19F3N2O2/c1-13(2,3)21-12(20)19-7-6-9-4-5-10(18)8-11(9)14(15,16)17/h4-5,8H,6-7,18H2,1-3H3,(H,19,20). The van der Waals surface area contributed by atoms with Gasteiger partial charge in [-0.05, 0) is 44.9 Å². The zero-order valence-corrected chi connectivity index (χ0v) is 12.2. The van der Waals surface area contributed by atoms with Crippen LogP contribution in [0.5, 0.6) is 0 Å². The molecular weight excluding hydrogens is 285 g/mol. The third kappa shape index (κ3) is 5.93. The fourth-order valence-electron chi connectivity index (χ4n) is 1.69. The molecule has 0 aliphatic rings. The number of alkyl carbamates (subject to hydrolysis) is 1. The molecular formula is C14H19F3N2O2. The Morgan fingerprint density at radius 2 is 1.90 bits per heavy atom. The second kappa shape index (κ2) is 6.24. The first-order valence-corrected chi connectivity index (χ1v) is 6.41. The lowest BCUT2D eigenvalue weighted by molar-refractivity contribution is -0.138. The molecule has 118 valence electrons. The Morgan fingerprint density at radius 3 is 2.43 bits per heavy atom. The van der Waals surface area contributed by atoms with Crippen LogP contribution in [-0.2, 0) is 17.3 Å². The van der Waals surface area contributed by atoms with Gasteiger partial charge in [0.25, 0.3) is 0 Å². The van der Waals surface area contributed by atoms with Crippen LogP contribution in [0.4, 0.5) is 23.7 Å². The Morgan fingerprint density at radius 1 is 1.29 bits per heavy atom. The molecule has 3 N–H and O–H groups in total. The van der Waals surface area contributed by atoms with E-state index < -0.39 is 23.4 Å². The molecule has 0 heterocycles. The van der Waals surface area contributed by atoms with Gasteiger partial charge in [-0.25, -0.2) is 4.79 Å². The SMILES string of the molecule is CC(C)(C)OC(=O)NCCc1ccc(N)cc1C(F)(F)F. The monoisotopic (exact) mass is 304 g/mol. The molecule has 0 spiro atoms. The van der Waals surface area contributed by atoms with Crippen LogP contribution in [0.1, 0.15) is 31.9 Å². The summed E-state index contributed by atoms with van der Waals surface area (Å²) in [4.78, 5) is 11.4. The Balaban J connectivity index is 2.66.